The lowest BCUT2D eigenvalue weighted by atomic mass is 9.96. The zero-order valence-corrected chi connectivity index (χ0v) is 17.2. The zero-order valence-electron chi connectivity index (χ0n) is 17.2. The molecule has 6 nitrogen and oxygen atoms in total. The molecule has 1 saturated heterocycles. The first-order chi connectivity index (χ1) is 14.1. The minimum absolute atomic E-state index is 0.00648. The van der Waals surface area contributed by atoms with Gasteiger partial charge in [-0.15, -0.1) is 10.2 Å². The zero-order chi connectivity index (χ0) is 20.2. The normalized spacial score (nSPS) is 17.7. The van der Waals surface area contributed by atoms with Gasteiger partial charge in [0, 0.05) is 37.3 Å². The maximum Gasteiger partial charge on any atom is 0.251 e. The molecular formula is C23H29N5O. The second kappa shape index (κ2) is 8.74. The van der Waals surface area contributed by atoms with Crippen molar-refractivity contribution in [3.8, 4) is 0 Å². The van der Waals surface area contributed by atoms with E-state index in [1.807, 2.05) is 42.6 Å². The monoisotopic (exact) mass is 391 g/mol. The maximum absolute atomic E-state index is 12.4. The van der Waals surface area contributed by atoms with E-state index in [2.05, 4.69) is 44.7 Å². The Morgan fingerprint density at radius 2 is 2.10 bits per heavy atom. The summed E-state index contributed by atoms with van der Waals surface area (Å²) in [7, 11) is 0. The highest BCUT2D eigenvalue weighted by molar-refractivity contribution is 5.94. The average molecular weight is 392 g/mol. The minimum atomic E-state index is 0.00648. The number of likely N-dealkylation sites (tertiary alicyclic amines) is 1. The number of nitrogens with one attached hydrogen (secondary N) is 1. The summed E-state index contributed by atoms with van der Waals surface area (Å²) in [5, 5.41) is 11.8. The Bertz CT molecular complexity index is 980. The van der Waals surface area contributed by atoms with E-state index >= 15 is 0 Å². The summed E-state index contributed by atoms with van der Waals surface area (Å²) in [6, 6.07) is 14.0. The number of piperidine rings is 1. The lowest BCUT2D eigenvalue weighted by Gasteiger charge is -2.32. The summed E-state index contributed by atoms with van der Waals surface area (Å²) >= 11 is 0. The molecule has 1 aromatic carbocycles. The number of nitrogens with zero attached hydrogens (tertiary/aromatic N) is 4. The van der Waals surface area contributed by atoms with Gasteiger partial charge < -0.3 is 5.32 Å². The van der Waals surface area contributed by atoms with Crippen molar-refractivity contribution in [2.45, 2.75) is 39.2 Å². The van der Waals surface area contributed by atoms with E-state index in [1.165, 1.54) is 5.56 Å². The second-order valence-corrected chi connectivity index (χ2v) is 8.37. The van der Waals surface area contributed by atoms with E-state index in [0.717, 1.165) is 49.5 Å². The molecule has 0 saturated carbocycles. The molecule has 4 rings (SSSR count). The van der Waals surface area contributed by atoms with Crippen LogP contribution in [0.5, 0.6) is 0 Å². The summed E-state index contributed by atoms with van der Waals surface area (Å²) in [5.74, 6) is 1.87. The smallest absolute Gasteiger partial charge is 0.251 e. The predicted octanol–water partition coefficient (Wildman–Crippen LogP) is 3.49. The Hall–Kier alpha value is -2.73. The van der Waals surface area contributed by atoms with E-state index in [9.17, 15) is 4.79 Å². The molecule has 6 heteroatoms. The Morgan fingerprint density at radius 3 is 2.97 bits per heavy atom. The van der Waals surface area contributed by atoms with Crippen LogP contribution in [0, 0.1) is 5.92 Å². The summed E-state index contributed by atoms with van der Waals surface area (Å²) in [5.41, 5.74) is 2.81. The number of benzene rings is 1. The molecule has 152 valence electrons. The van der Waals surface area contributed by atoms with E-state index in [1.54, 1.807) is 0 Å². The molecule has 0 radical (unpaired) electrons. The molecule has 1 N–H and O–H groups in total. The van der Waals surface area contributed by atoms with E-state index < -0.39 is 0 Å². The Kier molecular flexibility index (Phi) is 5.90. The van der Waals surface area contributed by atoms with E-state index in [0.29, 0.717) is 18.4 Å². The molecule has 0 bridgehead atoms. The van der Waals surface area contributed by atoms with Crippen LogP contribution in [-0.2, 0) is 6.54 Å². The average Bonchev–Trinajstić information content (AvgIpc) is 3.16. The van der Waals surface area contributed by atoms with Gasteiger partial charge in [-0.05, 0) is 55.1 Å². The molecule has 1 aliphatic heterocycles. The highest BCUT2D eigenvalue weighted by Crippen LogP contribution is 2.27. The number of hydrogen-bond donors (Lipinski definition) is 1. The van der Waals surface area contributed by atoms with Gasteiger partial charge in [-0.1, -0.05) is 32.0 Å². The van der Waals surface area contributed by atoms with Crippen molar-refractivity contribution in [3.05, 3.63) is 65.6 Å². The first-order valence-corrected chi connectivity index (χ1v) is 10.5. The molecule has 0 aliphatic carbocycles. The van der Waals surface area contributed by atoms with Crippen molar-refractivity contribution in [2.75, 3.05) is 19.6 Å². The Labute approximate surface area is 171 Å². The van der Waals surface area contributed by atoms with Gasteiger partial charge >= 0.3 is 0 Å². The van der Waals surface area contributed by atoms with Crippen LogP contribution < -0.4 is 5.32 Å². The fourth-order valence-corrected chi connectivity index (χ4v) is 4.02. The summed E-state index contributed by atoms with van der Waals surface area (Å²) < 4.78 is 2.11. The van der Waals surface area contributed by atoms with Gasteiger partial charge in [-0.2, -0.15) is 0 Å². The fraction of sp³-hybridized carbons (Fsp3) is 0.435. The SMILES string of the molecule is CC(C)CNC(=O)c1cccc(CN2CCCC(c3nnc4ccccn34)C2)c1. The molecule has 1 aliphatic rings. The van der Waals surface area contributed by atoms with Gasteiger partial charge in [-0.3, -0.25) is 14.1 Å². The van der Waals surface area contributed by atoms with Crippen LogP contribution in [0.1, 0.15) is 54.4 Å². The number of pyridine rings is 1. The van der Waals surface area contributed by atoms with Gasteiger partial charge in [0.2, 0.25) is 0 Å². The molecule has 29 heavy (non-hydrogen) atoms. The van der Waals surface area contributed by atoms with E-state index in [-0.39, 0.29) is 5.91 Å². The molecule has 1 amide bonds. The van der Waals surface area contributed by atoms with E-state index in [4.69, 9.17) is 0 Å². The lowest BCUT2D eigenvalue weighted by molar-refractivity contribution is 0.0948. The highest BCUT2D eigenvalue weighted by atomic mass is 16.1. The van der Waals surface area contributed by atoms with Gasteiger partial charge in [0.15, 0.2) is 5.65 Å². The number of hydrogen-bond acceptors (Lipinski definition) is 4. The standard InChI is InChI=1S/C23H29N5O/c1-17(2)14-24-23(29)19-8-5-7-18(13-19)15-27-11-6-9-20(16-27)22-26-25-21-10-3-4-12-28(21)22/h3-5,7-8,10,12-13,17,20H,6,9,11,14-16H2,1-2H3,(H,24,29). The molecule has 1 unspecified atom stereocenters. The van der Waals surface area contributed by atoms with Crippen LogP contribution in [0.2, 0.25) is 0 Å². The third kappa shape index (κ3) is 4.65. The van der Waals surface area contributed by atoms with Crippen LogP contribution in [0.3, 0.4) is 0 Å². The van der Waals surface area contributed by atoms with Crippen molar-refractivity contribution in [3.63, 3.8) is 0 Å². The summed E-state index contributed by atoms with van der Waals surface area (Å²) in [6.45, 7) is 7.77. The van der Waals surface area contributed by atoms with Gasteiger partial charge in [0.1, 0.15) is 5.82 Å². The largest absolute Gasteiger partial charge is 0.352 e. The number of rotatable bonds is 6. The van der Waals surface area contributed by atoms with Gasteiger partial charge in [-0.25, -0.2) is 0 Å². The highest BCUT2D eigenvalue weighted by Gasteiger charge is 2.25. The number of carbonyl (C=O) groups is 1. The molecule has 3 aromatic rings. The van der Waals surface area contributed by atoms with Crippen molar-refractivity contribution < 1.29 is 4.79 Å². The predicted molar refractivity (Wildman–Crippen MR) is 114 cm³/mol. The van der Waals surface area contributed by atoms with Crippen molar-refractivity contribution in [2.24, 2.45) is 5.92 Å². The van der Waals surface area contributed by atoms with Gasteiger partial charge in [0.25, 0.3) is 5.91 Å². The van der Waals surface area contributed by atoms with Crippen LogP contribution in [0.4, 0.5) is 0 Å². The van der Waals surface area contributed by atoms with Crippen LogP contribution in [0.25, 0.3) is 5.65 Å². The first-order valence-electron chi connectivity index (χ1n) is 10.5. The molecule has 1 atom stereocenters. The minimum Gasteiger partial charge on any atom is -0.352 e. The third-order valence-corrected chi connectivity index (χ3v) is 5.48. The first kappa shape index (κ1) is 19.6. The van der Waals surface area contributed by atoms with Crippen LogP contribution in [-0.4, -0.2) is 45.0 Å². The molecule has 2 aromatic heterocycles. The number of fused-ring (bicyclic) bond motifs is 1. The molecule has 1 fully saturated rings. The Balaban J connectivity index is 1.43. The molecular weight excluding hydrogens is 362 g/mol. The second-order valence-electron chi connectivity index (χ2n) is 8.37. The van der Waals surface area contributed by atoms with Gasteiger partial charge in [0.05, 0.1) is 0 Å². The Morgan fingerprint density at radius 1 is 1.21 bits per heavy atom. The van der Waals surface area contributed by atoms with Crippen LogP contribution >= 0.6 is 0 Å². The summed E-state index contributed by atoms with van der Waals surface area (Å²) in [6.07, 6.45) is 4.31. The third-order valence-electron chi connectivity index (χ3n) is 5.48. The lowest BCUT2D eigenvalue weighted by Crippen LogP contribution is -2.34. The molecule has 3 heterocycles. The quantitative estimate of drug-likeness (QED) is 0.699. The topological polar surface area (TPSA) is 62.5 Å². The maximum atomic E-state index is 12.4. The number of amides is 1. The van der Waals surface area contributed by atoms with Crippen molar-refractivity contribution >= 4 is 11.6 Å². The van der Waals surface area contributed by atoms with Crippen molar-refractivity contribution in [1.29, 1.82) is 0 Å². The summed E-state index contributed by atoms with van der Waals surface area (Å²) in [4.78, 5) is 14.8. The molecule has 0 spiro atoms. The van der Waals surface area contributed by atoms with Crippen molar-refractivity contribution in [1.82, 2.24) is 24.8 Å². The number of carbonyl (C=O) groups excluding carboxylic acids is 1. The number of aromatic nitrogens is 3. The fourth-order valence-electron chi connectivity index (χ4n) is 4.02. The van der Waals surface area contributed by atoms with Crippen LogP contribution in [0.15, 0.2) is 48.7 Å².